The van der Waals surface area contributed by atoms with Gasteiger partial charge in [-0.2, -0.15) is 0 Å². The minimum atomic E-state index is -0.557. The van der Waals surface area contributed by atoms with E-state index < -0.39 is 5.91 Å². The molecule has 3 aromatic rings. The van der Waals surface area contributed by atoms with Crippen LogP contribution in [0, 0.1) is 6.92 Å². The van der Waals surface area contributed by atoms with Gasteiger partial charge in [0.05, 0.1) is 4.88 Å². The topological polar surface area (TPSA) is 78.4 Å². The first-order valence-electron chi connectivity index (χ1n) is 7.59. The van der Waals surface area contributed by atoms with Crippen molar-refractivity contribution in [2.75, 3.05) is 5.32 Å². The van der Waals surface area contributed by atoms with Crippen LogP contribution >= 0.6 is 11.3 Å². The Balaban J connectivity index is 1.79. The summed E-state index contributed by atoms with van der Waals surface area (Å²) in [5, 5.41) is 11.5. The lowest BCUT2D eigenvalue weighted by molar-refractivity contribution is 0.0706. The van der Waals surface area contributed by atoms with Crippen LogP contribution < -0.4 is 10.8 Å². The van der Waals surface area contributed by atoms with E-state index in [2.05, 4.69) is 5.32 Å². The van der Waals surface area contributed by atoms with Gasteiger partial charge in [0.2, 0.25) is 0 Å². The Morgan fingerprint density at radius 2 is 1.68 bits per heavy atom. The van der Waals surface area contributed by atoms with E-state index >= 15 is 0 Å². The van der Waals surface area contributed by atoms with Crippen LogP contribution in [0.5, 0.6) is 0 Å². The van der Waals surface area contributed by atoms with Crippen LogP contribution in [0.25, 0.3) is 11.1 Å². The van der Waals surface area contributed by atoms with Crippen LogP contribution in [0.1, 0.15) is 24.9 Å². The molecule has 1 aromatic heterocycles. The van der Waals surface area contributed by atoms with Crippen molar-refractivity contribution in [2.24, 2.45) is 0 Å². The van der Waals surface area contributed by atoms with Crippen LogP contribution in [-0.2, 0) is 0 Å². The Hall–Kier alpha value is -2.96. The molecule has 0 radical (unpaired) electrons. The van der Waals surface area contributed by atoms with Gasteiger partial charge in [-0.1, -0.05) is 24.3 Å². The Morgan fingerprint density at radius 3 is 2.32 bits per heavy atom. The molecule has 0 bridgehead atoms. The van der Waals surface area contributed by atoms with Gasteiger partial charge in [0, 0.05) is 16.1 Å². The summed E-state index contributed by atoms with van der Waals surface area (Å²) < 4.78 is 0. The molecule has 126 valence electrons. The third kappa shape index (κ3) is 3.93. The van der Waals surface area contributed by atoms with Crippen LogP contribution in [-0.4, -0.2) is 17.0 Å². The number of benzene rings is 2. The first-order valence-corrected chi connectivity index (χ1v) is 8.41. The van der Waals surface area contributed by atoms with E-state index in [1.54, 1.807) is 29.7 Å². The smallest absolute Gasteiger partial charge is 0.274 e. The molecule has 6 heteroatoms. The zero-order chi connectivity index (χ0) is 17.8. The lowest BCUT2D eigenvalue weighted by Crippen LogP contribution is -2.18. The molecule has 0 aliphatic heterocycles. The Bertz CT molecular complexity index is 916. The molecule has 1 heterocycles. The molecule has 5 nitrogen and oxygen atoms in total. The average Bonchev–Trinajstić information content (AvgIpc) is 3.08. The summed E-state index contributed by atoms with van der Waals surface area (Å²) in [4.78, 5) is 25.4. The SMILES string of the molecule is Cc1ccc(C(=O)Nc2cccc(-c3ccc(C(=O)NO)cc3)c2)s1. The lowest BCUT2D eigenvalue weighted by Gasteiger charge is -2.08. The summed E-state index contributed by atoms with van der Waals surface area (Å²) >= 11 is 1.45. The number of hydrogen-bond acceptors (Lipinski definition) is 4. The number of thiophene rings is 1. The van der Waals surface area contributed by atoms with Crippen LogP contribution in [0.15, 0.2) is 60.7 Å². The average molecular weight is 352 g/mol. The highest BCUT2D eigenvalue weighted by Gasteiger charge is 2.09. The predicted molar refractivity (Wildman–Crippen MR) is 98.1 cm³/mol. The first-order chi connectivity index (χ1) is 12.1. The normalized spacial score (nSPS) is 10.3. The fourth-order valence-corrected chi connectivity index (χ4v) is 3.17. The second-order valence-electron chi connectivity index (χ2n) is 5.46. The molecule has 3 rings (SSSR count). The van der Waals surface area contributed by atoms with Crippen LogP contribution in [0.4, 0.5) is 5.69 Å². The Morgan fingerprint density at radius 1 is 0.920 bits per heavy atom. The Labute approximate surface area is 148 Å². The molecule has 0 spiro atoms. The summed E-state index contributed by atoms with van der Waals surface area (Å²) in [5.41, 5.74) is 4.48. The molecule has 0 saturated carbocycles. The number of hydroxylamine groups is 1. The van der Waals surface area contributed by atoms with Crippen molar-refractivity contribution < 1.29 is 14.8 Å². The van der Waals surface area contributed by atoms with Crippen molar-refractivity contribution in [3.63, 3.8) is 0 Å². The highest BCUT2D eigenvalue weighted by atomic mass is 32.1. The zero-order valence-electron chi connectivity index (χ0n) is 13.4. The Kier molecular flexibility index (Phi) is 4.92. The van der Waals surface area contributed by atoms with Gasteiger partial charge in [0.15, 0.2) is 0 Å². The van der Waals surface area contributed by atoms with Gasteiger partial charge in [-0.05, 0) is 54.4 Å². The molecular weight excluding hydrogens is 336 g/mol. The maximum Gasteiger partial charge on any atom is 0.274 e. The molecule has 2 amide bonds. The molecule has 0 aliphatic rings. The highest BCUT2D eigenvalue weighted by Crippen LogP contribution is 2.24. The summed E-state index contributed by atoms with van der Waals surface area (Å²) in [6.07, 6.45) is 0. The number of carbonyl (C=O) groups excluding carboxylic acids is 2. The summed E-state index contributed by atoms with van der Waals surface area (Å²) in [6.45, 7) is 1.96. The van der Waals surface area contributed by atoms with Gasteiger partial charge in [0.1, 0.15) is 0 Å². The summed E-state index contributed by atoms with van der Waals surface area (Å²) in [7, 11) is 0. The van der Waals surface area contributed by atoms with E-state index in [1.165, 1.54) is 11.3 Å². The van der Waals surface area contributed by atoms with E-state index in [1.807, 2.05) is 43.3 Å². The van der Waals surface area contributed by atoms with Crippen molar-refractivity contribution in [1.82, 2.24) is 5.48 Å². The van der Waals surface area contributed by atoms with E-state index in [0.717, 1.165) is 16.0 Å². The van der Waals surface area contributed by atoms with Crippen molar-refractivity contribution in [3.8, 4) is 11.1 Å². The van der Waals surface area contributed by atoms with Crippen molar-refractivity contribution in [1.29, 1.82) is 0 Å². The minimum absolute atomic E-state index is 0.134. The molecule has 3 N–H and O–H groups in total. The number of carbonyl (C=O) groups is 2. The van der Waals surface area contributed by atoms with E-state index in [-0.39, 0.29) is 5.91 Å². The third-order valence-electron chi connectivity index (χ3n) is 3.67. The third-order valence-corrected chi connectivity index (χ3v) is 4.67. The number of nitrogens with one attached hydrogen (secondary N) is 2. The number of rotatable bonds is 4. The number of hydrogen-bond donors (Lipinski definition) is 3. The fraction of sp³-hybridized carbons (Fsp3) is 0.0526. The number of amides is 2. The van der Waals surface area contributed by atoms with Crippen LogP contribution in [0.3, 0.4) is 0 Å². The maximum absolute atomic E-state index is 12.3. The van der Waals surface area contributed by atoms with Crippen molar-refractivity contribution >= 4 is 28.8 Å². The van der Waals surface area contributed by atoms with Gasteiger partial charge in [-0.15, -0.1) is 11.3 Å². The minimum Gasteiger partial charge on any atom is -0.321 e. The number of aryl methyl sites for hydroxylation is 1. The van der Waals surface area contributed by atoms with E-state index in [4.69, 9.17) is 5.21 Å². The molecule has 25 heavy (non-hydrogen) atoms. The molecule has 0 saturated heterocycles. The number of anilines is 1. The summed E-state index contributed by atoms with van der Waals surface area (Å²) in [5.74, 6) is -0.691. The van der Waals surface area contributed by atoms with Crippen molar-refractivity contribution in [3.05, 3.63) is 76.0 Å². The van der Waals surface area contributed by atoms with Crippen LogP contribution in [0.2, 0.25) is 0 Å². The second kappa shape index (κ2) is 7.29. The van der Waals surface area contributed by atoms with E-state index in [9.17, 15) is 9.59 Å². The monoisotopic (exact) mass is 352 g/mol. The summed E-state index contributed by atoms with van der Waals surface area (Å²) in [6, 6.07) is 18.0. The fourth-order valence-electron chi connectivity index (χ4n) is 2.40. The lowest BCUT2D eigenvalue weighted by atomic mass is 10.0. The van der Waals surface area contributed by atoms with Crippen molar-refractivity contribution in [2.45, 2.75) is 6.92 Å². The second-order valence-corrected chi connectivity index (χ2v) is 6.75. The molecule has 0 fully saturated rings. The zero-order valence-corrected chi connectivity index (χ0v) is 14.3. The maximum atomic E-state index is 12.3. The van der Waals surface area contributed by atoms with E-state index in [0.29, 0.717) is 16.1 Å². The van der Waals surface area contributed by atoms with Gasteiger partial charge in [-0.25, -0.2) is 5.48 Å². The molecule has 0 unspecified atom stereocenters. The van der Waals surface area contributed by atoms with Gasteiger partial charge < -0.3 is 5.32 Å². The first kappa shape index (κ1) is 16.9. The largest absolute Gasteiger partial charge is 0.321 e. The quantitative estimate of drug-likeness (QED) is 0.489. The van der Waals surface area contributed by atoms with Gasteiger partial charge in [-0.3, -0.25) is 14.8 Å². The molecule has 0 atom stereocenters. The molecular formula is C19H16N2O3S. The molecule has 2 aromatic carbocycles. The predicted octanol–water partition coefficient (Wildman–Crippen LogP) is 4.09. The highest BCUT2D eigenvalue weighted by molar-refractivity contribution is 7.14. The van der Waals surface area contributed by atoms with Gasteiger partial charge in [0.25, 0.3) is 11.8 Å². The van der Waals surface area contributed by atoms with Gasteiger partial charge >= 0.3 is 0 Å². The standard InChI is InChI=1S/C19H16N2O3S/c1-12-5-10-17(25-12)19(23)20-16-4-2-3-15(11-16)13-6-8-14(9-7-13)18(22)21-24/h2-11,24H,1H3,(H,20,23)(H,21,22). The molecule has 0 aliphatic carbocycles.